The number of carbonyl (C=O) groups excluding carboxylic acids is 4. The Kier molecular flexibility index (Phi) is 7.75. The zero-order chi connectivity index (χ0) is 25.7. The van der Waals surface area contributed by atoms with Crippen LogP contribution < -0.4 is 0 Å². The molecule has 0 aliphatic carbocycles. The molecule has 0 aromatic heterocycles. The fraction of sp³-hybridized carbons (Fsp3) is 0.429. The normalized spacial score (nSPS) is 21.9. The van der Waals surface area contributed by atoms with Crippen LogP contribution in [0.4, 0.5) is 0 Å². The summed E-state index contributed by atoms with van der Waals surface area (Å²) in [6.45, 7) is 8.24. The van der Waals surface area contributed by atoms with Crippen molar-refractivity contribution in [1.82, 2.24) is 9.80 Å². The Morgan fingerprint density at radius 2 is 1.82 bits per heavy atom. The molecule has 2 aliphatic heterocycles. The van der Waals surface area contributed by atoms with Crippen LogP contribution in [0, 0.1) is 0 Å². The Bertz CT molecular complexity index is 1120. The Balaban J connectivity index is 1.96. The molecule has 2 aliphatic rings. The quantitative estimate of drug-likeness (QED) is 0.124. The van der Waals surface area contributed by atoms with E-state index in [2.05, 4.69) is 6.58 Å². The minimum Gasteiger partial charge on any atom is -0.459 e. The van der Waals surface area contributed by atoms with Crippen molar-refractivity contribution in [2.45, 2.75) is 47.9 Å². The van der Waals surface area contributed by atoms with Crippen molar-refractivity contribution >= 4 is 79.2 Å². The van der Waals surface area contributed by atoms with Gasteiger partial charge in [0.15, 0.2) is 17.5 Å². The molecule has 1 aromatic carbocycles. The molecule has 1 fully saturated rings. The van der Waals surface area contributed by atoms with Crippen LogP contribution in [-0.2, 0) is 24.3 Å². The van der Waals surface area contributed by atoms with Gasteiger partial charge in [0.25, 0.3) is 17.7 Å². The smallest absolute Gasteiger partial charge is 0.333 e. The third-order valence-electron chi connectivity index (χ3n) is 5.47. The van der Waals surface area contributed by atoms with Gasteiger partial charge in [-0.2, -0.15) is 0 Å². The number of carbonyl (C=O) groups is 4. The van der Waals surface area contributed by atoms with E-state index in [9.17, 15) is 23.4 Å². The molecule has 0 bridgehead atoms. The summed E-state index contributed by atoms with van der Waals surface area (Å²) in [5, 5.41) is -1.39. The fourth-order valence-corrected chi connectivity index (χ4v) is 5.58. The summed E-state index contributed by atoms with van der Waals surface area (Å²) in [4.78, 5) is 54.0. The molecule has 8 nitrogen and oxygen atoms in total. The minimum atomic E-state index is -2.28. The lowest BCUT2D eigenvalue weighted by Crippen LogP contribution is -2.75. The Hall–Kier alpha value is -1.65. The van der Waals surface area contributed by atoms with Gasteiger partial charge in [0.1, 0.15) is 16.6 Å². The summed E-state index contributed by atoms with van der Waals surface area (Å²) in [6, 6.07) is 1.95. The van der Waals surface area contributed by atoms with E-state index >= 15 is 0 Å². The van der Waals surface area contributed by atoms with E-state index in [0.29, 0.717) is 5.56 Å². The standard InChI is InChI=1S/C21H20Cl4N2O6S/c1-9(2)11-6-5-7-12-13(11)17(29)26(16(12)28)15-18(30)27(19(15)34(25)32)14(10(3)4)20(31)33-8-21(22,23)24/h5-7,9,14-15,19H,3,8H2,1-2,4H3. The number of amides is 3. The number of esters is 1. The van der Waals surface area contributed by atoms with Crippen LogP contribution in [0.3, 0.4) is 0 Å². The number of rotatable bonds is 7. The summed E-state index contributed by atoms with van der Waals surface area (Å²) in [7, 11) is 3.61. The zero-order valence-corrected chi connectivity index (χ0v) is 22.1. The molecule has 184 valence electrons. The van der Waals surface area contributed by atoms with Crippen molar-refractivity contribution in [3.8, 4) is 0 Å². The lowest BCUT2D eigenvalue weighted by molar-refractivity contribution is -0.164. The van der Waals surface area contributed by atoms with Crippen LogP contribution in [0.1, 0.15) is 53.0 Å². The molecule has 4 atom stereocenters. The second-order valence-electron chi connectivity index (χ2n) is 8.21. The molecule has 1 saturated heterocycles. The van der Waals surface area contributed by atoms with Crippen molar-refractivity contribution in [2.75, 3.05) is 6.61 Å². The molecule has 34 heavy (non-hydrogen) atoms. The van der Waals surface area contributed by atoms with Gasteiger partial charge in [-0.1, -0.05) is 67.4 Å². The maximum absolute atomic E-state index is 13.3. The zero-order valence-electron chi connectivity index (χ0n) is 18.2. The van der Waals surface area contributed by atoms with Gasteiger partial charge >= 0.3 is 5.97 Å². The molecule has 1 aromatic rings. The van der Waals surface area contributed by atoms with E-state index in [4.69, 9.17) is 50.2 Å². The highest BCUT2D eigenvalue weighted by atomic mass is 35.7. The second-order valence-corrected chi connectivity index (χ2v) is 12.6. The van der Waals surface area contributed by atoms with Gasteiger partial charge in [-0.3, -0.25) is 19.3 Å². The van der Waals surface area contributed by atoms with Gasteiger partial charge in [0.05, 0.1) is 11.1 Å². The van der Waals surface area contributed by atoms with Gasteiger partial charge in [-0.25, -0.2) is 9.00 Å². The third-order valence-corrected chi connectivity index (χ3v) is 7.21. The van der Waals surface area contributed by atoms with E-state index in [0.717, 1.165) is 9.80 Å². The molecule has 0 spiro atoms. The van der Waals surface area contributed by atoms with Crippen molar-refractivity contribution in [1.29, 1.82) is 0 Å². The second kappa shape index (κ2) is 9.78. The van der Waals surface area contributed by atoms with E-state index in [1.165, 1.54) is 13.0 Å². The fourth-order valence-electron chi connectivity index (χ4n) is 4.02. The van der Waals surface area contributed by atoms with Crippen LogP contribution in [0.15, 0.2) is 30.4 Å². The molecule has 4 unspecified atom stereocenters. The van der Waals surface area contributed by atoms with Crippen LogP contribution in [-0.4, -0.2) is 65.6 Å². The summed E-state index contributed by atoms with van der Waals surface area (Å²) in [5.74, 6) is -3.29. The molecule has 3 amide bonds. The number of ether oxygens (including phenoxy) is 1. The van der Waals surface area contributed by atoms with Crippen LogP contribution in [0.25, 0.3) is 0 Å². The summed E-state index contributed by atoms with van der Waals surface area (Å²) in [6.07, 6.45) is 0. The Morgan fingerprint density at radius 1 is 1.21 bits per heavy atom. The maximum Gasteiger partial charge on any atom is 0.333 e. The monoisotopic (exact) mass is 568 g/mol. The molecule has 0 saturated carbocycles. The highest BCUT2D eigenvalue weighted by molar-refractivity contribution is 8.08. The lowest BCUT2D eigenvalue weighted by Gasteiger charge is -2.50. The highest BCUT2D eigenvalue weighted by Crippen LogP contribution is 2.39. The molecule has 13 heteroatoms. The van der Waals surface area contributed by atoms with Gasteiger partial charge < -0.3 is 9.64 Å². The molecule has 0 radical (unpaired) electrons. The van der Waals surface area contributed by atoms with Gasteiger partial charge in [-0.05, 0) is 40.7 Å². The van der Waals surface area contributed by atoms with Gasteiger partial charge in [-0.15, -0.1) is 0 Å². The minimum absolute atomic E-state index is 0.0707. The topological polar surface area (TPSA) is 101 Å². The number of hydrogen-bond donors (Lipinski definition) is 0. The van der Waals surface area contributed by atoms with Crippen LogP contribution in [0.2, 0.25) is 0 Å². The summed E-state index contributed by atoms with van der Waals surface area (Å²) < 4.78 is 15.5. The molecule has 3 rings (SSSR count). The van der Waals surface area contributed by atoms with Gasteiger partial charge in [0, 0.05) is 0 Å². The largest absolute Gasteiger partial charge is 0.459 e. The summed E-state index contributed by atoms with van der Waals surface area (Å²) >= 11 is 16.8. The molecular formula is C21H20Cl4N2O6S. The first-order valence-electron chi connectivity index (χ1n) is 9.97. The van der Waals surface area contributed by atoms with Crippen molar-refractivity contribution in [3.05, 3.63) is 47.0 Å². The number of likely N-dealkylation sites (tertiary alicyclic amines) is 1. The number of benzene rings is 1. The van der Waals surface area contributed by atoms with E-state index in [1.54, 1.807) is 12.1 Å². The Labute approximate surface area is 218 Å². The number of hydrogen-bond acceptors (Lipinski definition) is 6. The SMILES string of the molecule is C=C(C)C(C(=O)OCC(Cl)(Cl)Cl)N1C(=O)C(N2C(=O)c3cccc(C(C)C)c3C2=O)C1S(=O)Cl. The third kappa shape index (κ3) is 4.73. The van der Waals surface area contributed by atoms with E-state index in [-0.39, 0.29) is 22.6 Å². The Morgan fingerprint density at radius 3 is 2.32 bits per heavy atom. The number of nitrogens with zero attached hydrogens (tertiary/aromatic N) is 2. The van der Waals surface area contributed by atoms with E-state index < -0.39 is 61.6 Å². The predicted octanol–water partition coefficient (Wildman–Crippen LogP) is 3.70. The predicted molar refractivity (Wildman–Crippen MR) is 129 cm³/mol. The molecule has 2 heterocycles. The average Bonchev–Trinajstić information content (AvgIpc) is 2.97. The first kappa shape index (κ1) is 26.9. The number of alkyl halides is 3. The van der Waals surface area contributed by atoms with Crippen molar-refractivity contribution in [3.63, 3.8) is 0 Å². The molecule has 0 N–H and O–H groups in total. The first-order chi connectivity index (χ1) is 15.7. The average molecular weight is 570 g/mol. The van der Waals surface area contributed by atoms with Crippen LogP contribution >= 0.6 is 45.5 Å². The highest BCUT2D eigenvalue weighted by Gasteiger charge is 2.62. The maximum atomic E-state index is 13.3. The van der Waals surface area contributed by atoms with E-state index in [1.807, 2.05) is 13.8 Å². The number of fused-ring (bicyclic) bond motifs is 1. The number of imide groups is 1. The van der Waals surface area contributed by atoms with Gasteiger partial charge in [0.2, 0.25) is 3.79 Å². The summed E-state index contributed by atoms with van der Waals surface area (Å²) in [5.41, 5.74) is 1.12. The molecular weight excluding hydrogens is 550 g/mol. The van der Waals surface area contributed by atoms with Crippen molar-refractivity contribution in [2.24, 2.45) is 0 Å². The number of halogens is 4. The number of β-lactam (4-membered cyclic amide) rings is 1. The van der Waals surface area contributed by atoms with Crippen molar-refractivity contribution < 1.29 is 28.1 Å². The first-order valence-corrected chi connectivity index (χ1v) is 13.1. The lowest BCUT2D eigenvalue weighted by atomic mass is 9.94. The van der Waals surface area contributed by atoms with Crippen LogP contribution in [0.5, 0.6) is 0 Å².